The average molecular weight is 156 g/mol. The molecular formula is C6H12N4O. The predicted octanol–water partition coefficient (Wildman–Crippen LogP) is -0.540. The Balaban J connectivity index is 2.31. The second kappa shape index (κ2) is 4.05. The van der Waals surface area contributed by atoms with Gasteiger partial charge in [0.1, 0.15) is 0 Å². The third-order valence-corrected chi connectivity index (χ3v) is 1.33. The third-order valence-electron chi connectivity index (χ3n) is 1.33. The molecule has 5 heteroatoms. The van der Waals surface area contributed by atoms with Gasteiger partial charge in [0.05, 0.1) is 6.54 Å². The van der Waals surface area contributed by atoms with Crippen LogP contribution in [-0.2, 0) is 6.54 Å². The second-order valence-electron chi connectivity index (χ2n) is 2.37. The van der Waals surface area contributed by atoms with Gasteiger partial charge in [-0.1, -0.05) is 5.16 Å². The van der Waals surface area contributed by atoms with Crippen LogP contribution in [0.5, 0.6) is 0 Å². The molecule has 0 saturated carbocycles. The van der Waals surface area contributed by atoms with E-state index in [0.717, 1.165) is 6.54 Å². The lowest BCUT2D eigenvalue weighted by Gasteiger charge is -2.11. The molecular weight excluding hydrogens is 144 g/mol. The zero-order valence-corrected chi connectivity index (χ0v) is 6.53. The Morgan fingerprint density at radius 2 is 2.55 bits per heavy atom. The summed E-state index contributed by atoms with van der Waals surface area (Å²) in [5, 5.41) is 3.67. The molecule has 0 saturated heterocycles. The predicted molar refractivity (Wildman–Crippen MR) is 39.7 cm³/mol. The summed E-state index contributed by atoms with van der Waals surface area (Å²) in [6.45, 7) is 2.18. The Bertz CT molecular complexity index is 186. The molecule has 0 aliphatic rings. The fraction of sp³-hybridized carbons (Fsp3) is 0.667. The normalized spacial score (nSPS) is 10.8. The summed E-state index contributed by atoms with van der Waals surface area (Å²) >= 11 is 0. The largest absolute Gasteiger partial charge is 0.343 e. The zero-order chi connectivity index (χ0) is 8.10. The Hall–Kier alpha value is -0.940. The molecule has 0 amide bonds. The number of hydrogen-bond acceptors (Lipinski definition) is 5. The van der Waals surface area contributed by atoms with Gasteiger partial charge in [0.2, 0.25) is 6.39 Å². The minimum Gasteiger partial charge on any atom is -0.343 e. The number of aromatic nitrogens is 2. The number of likely N-dealkylation sites (N-methyl/N-ethyl adjacent to an activating group) is 1. The summed E-state index contributed by atoms with van der Waals surface area (Å²) in [6, 6.07) is 0. The van der Waals surface area contributed by atoms with Gasteiger partial charge in [-0.25, -0.2) is 0 Å². The van der Waals surface area contributed by atoms with Crippen molar-refractivity contribution in [3.8, 4) is 0 Å². The van der Waals surface area contributed by atoms with Crippen molar-refractivity contribution in [3.05, 3.63) is 12.2 Å². The lowest BCUT2D eigenvalue weighted by atomic mass is 10.5. The molecule has 0 unspecified atom stereocenters. The molecule has 0 aliphatic heterocycles. The van der Waals surface area contributed by atoms with Crippen LogP contribution in [0.25, 0.3) is 0 Å². The zero-order valence-electron chi connectivity index (χ0n) is 6.53. The van der Waals surface area contributed by atoms with E-state index in [1.54, 1.807) is 0 Å². The summed E-state index contributed by atoms with van der Waals surface area (Å²) in [7, 11) is 1.96. The summed E-state index contributed by atoms with van der Waals surface area (Å²) in [5.74, 6) is 0.695. The third kappa shape index (κ3) is 2.65. The van der Waals surface area contributed by atoms with Crippen molar-refractivity contribution >= 4 is 0 Å². The molecule has 0 bridgehead atoms. The number of rotatable bonds is 4. The Morgan fingerprint density at radius 1 is 1.73 bits per heavy atom. The van der Waals surface area contributed by atoms with Gasteiger partial charge in [-0.2, -0.15) is 4.98 Å². The SMILES string of the molecule is CN(CCN)Cc1ncon1. The van der Waals surface area contributed by atoms with Gasteiger partial charge in [-0.3, -0.25) is 4.90 Å². The lowest BCUT2D eigenvalue weighted by molar-refractivity contribution is 0.316. The fourth-order valence-corrected chi connectivity index (χ4v) is 0.803. The summed E-state index contributed by atoms with van der Waals surface area (Å²) in [4.78, 5) is 5.91. The standard InChI is InChI=1S/C6H12N4O/c1-10(3-2-7)4-6-8-5-11-9-6/h5H,2-4,7H2,1H3. The fourth-order valence-electron chi connectivity index (χ4n) is 0.803. The molecule has 62 valence electrons. The van der Waals surface area contributed by atoms with Gasteiger partial charge >= 0.3 is 0 Å². The molecule has 1 aromatic rings. The van der Waals surface area contributed by atoms with Gasteiger partial charge in [0.25, 0.3) is 0 Å². The molecule has 0 aliphatic carbocycles. The molecule has 1 aromatic heterocycles. The molecule has 0 radical (unpaired) electrons. The van der Waals surface area contributed by atoms with Gasteiger partial charge in [-0.15, -0.1) is 0 Å². The van der Waals surface area contributed by atoms with Crippen molar-refractivity contribution in [2.45, 2.75) is 6.54 Å². The highest BCUT2D eigenvalue weighted by molar-refractivity contribution is 4.76. The molecule has 0 atom stereocenters. The van der Waals surface area contributed by atoms with Gasteiger partial charge in [0, 0.05) is 13.1 Å². The number of hydrogen-bond donors (Lipinski definition) is 1. The van der Waals surface area contributed by atoms with Crippen LogP contribution in [0.4, 0.5) is 0 Å². The van der Waals surface area contributed by atoms with Crippen molar-refractivity contribution in [2.75, 3.05) is 20.1 Å². The maximum atomic E-state index is 5.35. The van der Waals surface area contributed by atoms with Crippen LogP contribution in [0.2, 0.25) is 0 Å². The monoisotopic (exact) mass is 156 g/mol. The van der Waals surface area contributed by atoms with Crippen molar-refractivity contribution < 1.29 is 4.52 Å². The Labute approximate surface area is 65.2 Å². The van der Waals surface area contributed by atoms with Gasteiger partial charge < -0.3 is 10.3 Å². The van der Waals surface area contributed by atoms with Crippen LogP contribution in [-0.4, -0.2) is 35.2 Å². The molecule has 11 heavy (non-hydrogen) atoms. The van der Waals surface area contributed by atoms with Crippen LogP contribution >= 0.6 is 0 Å². The van der Waals surface area contributed by atoms with E-state index in [9.17, 15) is 0 Å². The molecule has 1 heterocycles. The first-order chi connectivity index (χ1) is 5.33. The number of nitrogens with two attached hydrogens (primary N) is 1. The van der Waals surface area contributed by atoms with E-state index in [1.807, 2.05) is 11.9 Å². The smallest absolute Gasteiger partial charge is 0.213 e. The van der Waals surface area contributed by atoms with E-state index in [1.165, 1.54) is 6.39 Å². The summed E-state index contributed by atoms with van der Waals surface area (Å²) in [6.07, 6.45) is 1.33. The van der Waals surface area contributed by atoms with Crippen LogP contribution in [0, 0.1) is 0 Å². The van der Waals surface area contributed by atoms with Gasteiger partial charge in [0.15, 0.2) is 5.82 Å². The second-order valence-corrected chi connectivity index (χ2v) is 2.37. The highest BCUT2D eigenvalue weighted by atomic mass is 16.5. The van der Waals surface area contributed by atoms with E-state index >= 15 is 0 Å². The van der Waals surface area contributed by atoms with E-state index in [0.29, 0.717) is 18.9 Å². The van der Waals surface area contributed by atoms with E-state index in [-0.39, 0.29) is 0 Å². The highest BCUT2D eigenvalue weighted by Crippen LogP contribution is 1.93. The molecule has 0 spiro atoms. The van der Waals surface area contributed by atoms with Crippen LogP contribution < -0.4 is 5.73 Å². The Morgan fingerprint density at radius 3 is 3.09 bits per heavy atom. The lowest BCUT2D eigenvalue weighted by Crippen LogP contribution is -2.25. The molecule has 0 fully saturated rings. The molecule has 0 aromatic carbocycles. The van der Waals surface area contributed by atoms with Crippen molar-refractivity contribution in [1.82, 2.24) is 15.0 Å². The maximum Gasteiger partial charge on any atom is 0.213 e. The van der Waals surface area contributed by atoms with E-state index in [2.05, 4.69) is 14.7 Å². The number of nitrogens with zero attached hydrogens (tertiary/aromatic N) is 3. The van der Waals surface area contributed by atoms with E-state index < -0.39 is 0 Å². The quantitative estimate of drug-likeness (QED) is 0.634. The summed E-state index contributed by atoms with van der Waals surface area (Å²) in [5.41, 5.74) is 5.35. The molecule has 5 nitrogen and oxygen atoms in total. The molecule has 2 N–H and O–H groups in total. The van der Waals surface area contributed by atoms with E-state index in [4.69, 9.17) is 5.73 Å². The van der Waals surface area contributed by atoms with Crippen LogP contribution in [0.15, 0.2) is 10.9 Å². The summed E-state index contributed by atoms with van der Waals surface area (Å²) < 4.78 is 4.57. The maximum absolute atomic E-state index is 5.35. The minimum atomic E-state index is 0.647. The van der Waals surface area contributed by atoms with Crippen LogP contribution in [0.1, 0.15) is 5.82 Å². The topological polar surface area (TPSA) is 68.2 Å². The van der Waals surface area contributed by atoms with Crippen molar-refractivity contribution in [2.24, 2.45) is 5.73 Å². The first kappa shape index (κ1) is 8.16. The minimum absolute atomic E-state index is 0.647. The van der Waals surface area contributed by atoms with Gasteiger partial charge in [-0.05, 0) is 7.05 Å². The average Bonchev–Trinajstić information content (AvgIpc) is 2.40. The first-order valence-corrected chi connectivity index (χ1v) is 3.47. The first-order valence-electron chi connectivity index (χ1n) is 3.47. The Kier molecular flexibility index (Phi) is 3.00. The highest BCUT2D eigenvalue weighted by Gasteiger charge is 2.01. The van der Waals surface area contributed by atoms with Crippen molar-refractivity contribution in [1.29, 1.82) is 0 Å². The van der Waals surface area contributed by atoms with Crippen molar-refractivity contribution in [3.63, 3.8) is 0 Å². The van der Waals surface area contributed by atoms with Crippen LogP contribution in [0.3, 0.4) is 0 Å². The molecule has 1 rings (SSSR count).